The molecule has 5 atom stereocenters. The summed E-state index contributed by atoms with van der Waals surface area (Å²) >= 11 is 0. The average molecular weight is 422 g/mol. The molecule has 1 saturated heterocycles. The van der Waals surface area contributed by atoms with E-state index in [1.165, 1.54) is 38.4 Å². The largest absolute Gasteiger partial charge is 0.353 e. The minimum atomic E-state index is -3.52. The monoisotopic (exact) mass is 421 g/mol. The Labute approximate surface area is 173 Å². The van der Waals surface area contributed by atoms with E-state index in [9.17, 15) is 18.0 Å². The van der Waals surface area contributed by atoms with Crippen LogP contribution < -0.4 is 10.6 Å². The summed E-state index contributed by atoms with van der Waals surface area (Å²) in [6.45, 7) is 4.23. The number of fused-ring (bicyclic) bond motifs is 1. The van der Waals surface area contributed by atoms with Gasteiger partial charge in [-0.05, 0) is 61.8 Å². The number of hydrogen-bond donors (Lipinski definition) is 2. The van der Waals surface area contributed by atoms with Crippen molar-refractivity contribution in [3.8, 4) is 0 Å². The van der Waals surface area contributed by atoms with Crippen LogP contribution >= 0.6 is 0 Å². The van der Waals surface area contributed by atoms with E-state index in [0.29, 0.717) is 17.4 Å². The molecule has 1 aromatic carbocycles. The molecule has 1 aromatic rings. The van der Waals surface area contributed by atoms with Crippen LogP contribution in [0.4, 0.5) is 0 Å². The normalized spacial score (nSPS) is 29.8. The number of piperidine rings is 1. The highest BCUT2D eigenvalue weighted by atomic mass is 32.2. The number of sulfonamides is 1. The Morgan fingerprint density at radius 3 is 2.45 bits per heavy atom. The van der Waals surface area contributed by atoms with E-state index in [4.69, 9.17) is 0 Å². The van der Waals surface area contributed by atoms with Gasteiger partial charge in [0.25, 0.3) is 5.91 Å². The number of carbonyl (C=O) groups is 2. The Morgan fingerprint density at radius 2 is 1.86 bits per heavy atom. The molecule has 0 radical (unpaired) electrons. The van der Waals surface area contributed by atoms with Gasteiger partial charge in [-0.2, -0.15) is 0 Å². The highest BCUT2D eigenvalue weighted by molar-refractivity contribution is 7.89. The second kappa shape index (κ2) is 8.44. The van der Waals surface area contributed by atoms with Crippen molar-refractivity contribution in [2.24, 2.45) is 17.8 Å². The number of carbonyl (C=O) groups excluding carboxylic acids is 2. The van der Waals surface area contributed by atoms with Gasteiger partial charge in [0.2, 0.25) is 15.9 Å². The Hall–Kier alpha value is -1.93. The Bertz CT molecular complexity index is 866. The summed E-state index contributed by atoms with van der Waals surface area (Å²) in [4.78, 5) is 25.1. The summed E-state index contributed by atoms with van der Waals surface area (Å²) in [6, 6.07) is 6.08. The Morgan fingerprint density at radius 1 is 1.21 bits per heavy atom. The first-order valence-electron chi connectivity index (χ1n) is 10.3. The van der Waals surface area contributed by atoms with Crippen LogP contribution in [0.15, 0.2) is 29.2 Å². The third kappa shape index (κ3) is 4.33. The summed E-state index contributed by atoms with van der Waals surface area (Å²) in [7, 11) is -0.571. The van der Waals surface area contributed by atoms with Crippen molar-refractivity contribution in [3.63, 3.8) is 0 Å². The predicted molar refractivity (Wildman–Crippen MR) is 111 cm³/mol. The van der Waals surface area contributed by atoms with E-state index in [2.05, 4.69) is 24.5 Å². The van der Waals surface area contributed by atoms with Crippen molar-refractivity contribution in [1.29, 1.82) is 0 Å². The van der Waals surface area contributed by atoms with E-state index in [1.807, 2.05) is 0 Å². The molecular formula is C21H31N3O4S. The first kappa shape index (κ1) is 21.8. The maximum atomic E-state index is 12.6. The predicted octanol–water partition coefficient (Wildman–Crippen LogP) is 2.00. The molecule has 8 heteroatoms. The summed E-state index contributed by atoms with van der Waals surface area (Å²) < 4.78 is 25.4. The lowest BCUT2D eigenvalue weighted by Gasteiger charge is -2.46. The fourth-order valence-corrected chi connectivity index (χ4v) is 5.66. The van der Waals surface area contributed by atoms with Crippen molar-refractivity contribution in [2.45, 2.75) is 56.5 Å². The van der Waals surface area contributed by atoms with E-state index >= 15 is 0 Å². The molecule has 1 heterocycles. The number of nitrogens with zero attached hydrogens (tertiary/aromatic N) is 1. The highest BCUT2D eigenvalue weighted by Crippen LogP contribution is 2.38. The number of rotatable bonds is 5. The number of amides is 2. The molecule has 2 amide bonds. The van der Waals surface area contributed by atoms with Crippen LogP contribution in [-0.2, 0) is 14.8 Å². The number of hydrogen-bond acceptors (Lipinski definition) is 4. The van der Waals surface area contributed by atoms with Gasteiger partial charge in [-0.3, -0.25) is 9.59 Å². The van der Waals surface area contributed by atoms with E-state index in [1.54, 1.807) is 0 Å². The van der Waals surface area contributed by atoms with Crippen LogP contribution in [0.1, 0.15) is 49.9 Å². The van der Waals surface area contributed by atoms with E-state index < -0.39 is 10.0 Å². The van der Waals surface area contributed by atoms with Gasteiger partial charge in [0.05, 0.1) is 4.90 Å². The molecule has 2 N–H and O–H groups in total. The van der Waals surface area contributed by atoms with Crippen LogP contribution in [0.3, 0.4) is 0 Å². The molecule has 0 bridgehead atoms. The van der Waals surface area contributed by atoms with Gasteiger partial charge in [-0.15, -0.1) is 0 Å². The highest BCUT2D eigenvalue weighted by Gasteiger charge is 2.43. The zero-order valence-corrected chi connectivity index (χ0v) is 18.3. The Balaban J connectivity index is 1.63. The second-order valence-corrected chi connectivity index (χ2v) is 10.6. The van der Waals surface area contributed by atoms with Crippen LogP contribution in [0.25, 0.3) is 0 Å². The fourth-order valence-electron chi connectivity index (χ4n) is 4.76. The lowest BCUT2D eigenvalue weighted by molar-refractivity contribution is -0.133. The van der Waals surface area contributed by atoms with Gasteiger partial charge in [-0.1, -0.05) is 13.8 Å². The molecule has 3 rings (SSSR count). The zero-order chi connectivity index (χ0) is 21.3. The first-order chi connectivity index (χ1) is 13.6. The van der Waals surface area contributed by atoms with E-state index in [-0.39, 0.29) is 34.7 Å². The quantitative estimate of drug-likeness (QED) is 0.760. The van der Waals surface area contributed by atoms with Crippen LogP contribution in [0.5, 0.6) is 0 Å². The van der Waals surface area contributed by atoms with Crippen molar-refractivity contribution >= 4 is 21.8 Å². The molecule has 0 spiro atoms. The molecule has 1 aliphatic carbocycles. The maximum Gasteiger partial charge on any atom is 0.251 e. The average Bonchev–Trinajstić information content (AvgIpc) is 2.68. The van der Waals surface area contributed by atoms with Crippen LogP contribution in [0.2, 0.25) is 0 Å². The smallest absolute Gasteiger partial charge is 0.251 e. The summed E-state index contributed by atoms with van der Waals surface area (Å²) in [6.07, 6.45) is 3.45. The summed E-state index contributed by atoms with van der Waals surface area (Å²) in [5.74, 6) is 0.817. The summed E-state index contributed by atoms with van der Waals surface area (Å²) in [5.41, 5.74) is 0.428. The molecule has 0 aromatic heterocycles. The molecule has 160 valence electrons. The lowest BCUT2D eigenvalue weighted by Crippen LogP contribution is -2.58. The third-order valence-electron chi connectivity index (χ3n) is 6.55. The standard InChI is InChI=1S/C21H31N3O4S/c1-5-17-13(2)18-11-8-15(12-19(18)23-21(17)26)22-20(25)14-6-9-16(10-7-14)29(27,28)24(3)4/h6-7,9-10,13,15,17-19H,5,8,11-12H2,1-4H3,(H,22,25)(H,23,26). The number of benzene rings is 1. The van der Waals surface area contributed by atoms with Crippen molar-refractivity contribution in [1.82, 2.24) is 14.9 Å². The SMILES string of the molecule is CCC1C(=O)NC2CC(NC(=O)c3ccc(S(=O)(=O)N(C)C)cc3)CCC2C1C. The molecular weight excluding hydrogens is 390 g/mol. The summed E-state index contributed by atoms with van der Waals surface area (Å²) in [5, 5.41) is 6.22. The fraction of sp³-hybridized carbons (Fsp3) is 0.619. The Kier molecular flexibility index (Phi) is 6.33. The van der Waals surface area contributed by atoms with Crippen LogP contribution in [-0.4, -0.2) is 50.7 Å². The molecule has 5 unspecified atom stereocenters. The molecule has 1 saturated carbocycles. The minimum Gasteiger partial charge on any atom is -0.353 e. The third-order valence-corrected chi connectivity index (χ3v) is 8.38. The molecule has 2 aliphatic rings. The van der Waals surface area contributed by atoms with Crippen molar-refractivity contribution < 1.29 is 18.0 Å². The maximum absolute atomic E-state index is 12.6. The van der Waals surface area contributed by atoms with Crippen molar-refractivity contribution in [2.75, 3.05) is 14.1 Å². The number of nitrogens with one attached hydrogen (secondary N) is 2. The van der Waals surface area contributed by atoms with Crippen molar-refractivity contribution in [3.05, 3.63) is 29.8 Å². The van der Waals surface area contributed by atoms with Gasteiger partial charge >= 0.3 is 0 Å². The first-order valence-corrected chi connectivity index (χ1v) is 11.7. The van der Waals surface area contributed by atoms with Crippen LogP contribution in [0, 0.1) is 17.8 Å². The van der Waals surface area contributed by atoms with Gasteiger partial charge < -0.3 is 10.6 Å². The van der Waals surface area contributed by atoms with Gasteiger partial charge in [0.15, 0.2) is 0 Å². The van der Waals surface area contributed by atoms with Gasteiger partial charge in [0.1, 0.15) is 0 Å². The molecule has 1 aliphatic heterocycles. The lowest BCUT2D eigenvalue weighted by atomic mass is 9.67. The van der Waals surface area contributed by atoms with Gasteiger partial charge in [-0.25, -0.2) is 12.7 Å². The molecule has 29 heavy (non-hydrogen) atoms. The second-order valence-electron chi connectivity index (χ2n) is 8.45. The van der Waals surface area contributed by atoms with E-state index in [0.717, 1.165) is 30.0 Å². The minimum absolute atomic E-state index is 0.000360. The topological polar surface area (TPSA) is 95.6 Å². The molecule has 2 fully saturated rings. The zero-order valence-electron chi connectivity index (χ0n) is 17.5. The van der Waals surface area contributed by atoms with Gasteiger partial charge in [0, 0.05) is 37.7 Å². The molecule has 7 nitrogen and oxygen atoms in total.